The summed E-state index contributed by atoms with van der Waals surface area (Å²) in [6.07, 6.45) is 3.35. The summed E-state index contributed by atoms with van der Waals surface area (Å²) in [5.74, 6) is -0.137. The number of nitrogens with one attached hydrogen (secondary N) is 1. The lowest BCUT2D eigenvalue weighted by molar-refractivity contribution is -0.384. The predicted octanol–water partition coefficient (Wildman–Crippen LogP) is 7.32. The number of nitro groups is 1. The zero-order valence-corrected chi connectivity index (χ0v) is 27.3. The van der Waals surface area contributed by atoms with E-state index in [9.17, 15) is 23.7 Å². The number of likely N-dealkylation sites (tertiary alicyclic amines) is 1. The van der Waals surface area contributed by atoms with Gasteiger partial charge in [-0.2, -0.15) is 0 Å². The van der Waals surface area contributed by atoms with E-state index in [1.54, 1.807) is 28.8 Å². The molecule has 3 aromatic heterocycles. The van der Waals surface area contributed by atoms with Crippen LogP contribution >= 0.6 is 0 Å². The lowest BCUT2D eigenvalue weighted by atomic mass is 9.94. The van der Waals surface area contributed by atoms with Crippen molar-refractivity contribution in [3.63, 3.8) is 0 Å². The van der Waals surface area contributed by atoms with Crippen LogP contribution in [0.2, 0.25) is 0 Å². The van der Waals surface area contributed by atoms with Crippen molar-refractivity contribution in [2.75, 3.05) is 42.9 Å². The maximum Gasteiger partial charge on any atom is 0.280 e. The summed E-state index contributed by atoms with van der Waals surface area (Å²) in [5.41, 5.74) is 3.05. The number of carbonyl (C=O) groups excluding carboxylic acids is 1. The predicted molar refractivity (Wildman–Crippen MR) is 179 cm³/mol. The van der Waals surface area contributed by atoms with Gasteiger partial charge in [-0.25, -0.2) is 23.1 Å². The van der Waals surface area contributed by atoms with E-state index >= 15 is 4.39 Å². The number of hydrogen-bond donors (Lipinski definition) is 1. The van der Waals surface area contributed by atoms with Gasteiger partial charge in [0.1, 0.15) is 28.7 Å². The number of ether oxygens (including phenoxy) is 1. The third-order valence-corrected chi connectivity index (χ3v) is 8.96. The second-order valence-corrected chi connectivity index (χ2v) is 12.7. The second kappa shape index (κ2) is 14.6. The number of piperidine rings is 2. The van der Waals surface area contributed by atoms with Crippen molar-refractivity contribution < 1.29 is 27.6 Å². The van der Waals surface area contributed by atoms with Gasteiger partial charge >= 0.3 is 0 Å². The van der Waals surface area contributed by atoms with Gasteiger partial charge in [0.25, 0.3) is 18.0 Å². The highest BCUT2D eigenvalue weighted by Crippen LogP contribution is 2.32. The molecule has 0 unspecified atom stereocenters. The van der Waals surface area contributed by atoms with E-state index in [0.717, 1.165) is 29.8 Å². The summed E-state index contributed by atoms with van der Waals surface area (Å²) in [4.78, 5) is 36.7. The molecular formula is C35H38F3N7O4. The lowest BCUT2D eigenvalue weighted by Crippen LogP contribution is -2.35. The van der Waals surface area contributed by atoms with Crippen molar-refractivity contribution >= 4 is 28.7 Å². The van der Waals surface area contributed by atoms with Gasteiger partial charge in [-0.3, -0.25) is 19.8 Å². The Morgan fingerprint density at radius 2 is 1.76 bits per heavy atom. The number of alkyl halides is 2. The van der Waals surface area contributed by atoms with E-state index < -0.39 is 22.9 Å². The highest BCUT2D eigenvalue weighted by molar-refractivity contribution is 6.05. The molecular weight excluding hydrogens is 639 g/mol. The molecule has 2 aliphatic rings. The number of pyridine rings is 2. The summed E-state index contributed by atoms with van der Waals surface area (Å²) >= 11 is 0. The standard InChI is InChI=1S/C35H38F3N7O4/c1-22(2)49-31-18-33-40-30(21-44(33)19-27(31)35(46)41-32-5-3-4-29(39-32)34(37)38)24-10-14-42(15-11-24)20-28(36)23-12-16-43(17-13-23)25-6-8-26(9-7-25)45(47)48/h3-9,18-19,21-22,24,34H,10-17,20H2,1-2H3,(H,39,41,46). The van der Waals surface area contributed by atoms with Crippen LogP contribution in [0.15, 0.2) is 72.3 Å². The number of fused-ring (bicyclic) bond motifs is 1. The summed E-state index contributed by atoms with van der Waals surface area (Å²) in [6.45, 7) is 6.71. The minimum Gasteiger partial charge on any atom is -0.490 e. The largest absolute Gasteiger partial charge is 0.490 e. The van der Waals surface area contributed by atoms with Gasteiger partial charge < -0.3 is 19.4 Å². The fourth-order valence-corrected chi connectivity index (χ4v) is 6.37. The number of carbonyl (C=O) groups is 1. The molecule has 0 bridgehead atoms. The monoisotopic (exact) mass is 677 g/mol. The summed E-state index contributed by atoms with van der Waals surface area (Å²) in [5, 5.41) is 13.5. The van der Waals surface area contributed by atoms with Crippen LogP contribution in [0.25, 0.3) is 5.65 Å². The molecule has 1 N–H and O–H groups in total. The Bertz CT molecular complexity index is 1840. The van der Waals surface area contributed by atoms with E-state index in [0.29, 0.717) is 50.4 Å². The zero-order valence-electron chi connectivity index (χ0n) is 27.3. The SMILES string of the molecule is CC(C)Oc1cc2nc(C3CCN(CC(F)=C4CCN(c5ccc([N+](=O)[O-])cc5)CC4)CC3)cn2cc1C(=O)Nc1cccc(C(F)F)n1. The molecule has 0 radical (unpaired) electrons. The average molecular weight is 678 g/mol. The van der Waals surface area contributed by atoms with E-state index in [1.165, 1.54) is 30.3 Å². The molecule has 5 heterocycles. The fourth-order valence-electron chi connectivity index (χ4n) is 6.37. The van der Waals surface area contributed by atoms with Crippen molar-refractivity contribution in [2.24, 2.45) is 0 Å². The van der Waals surface area contributed by atoms with Crippen molar-refractivity contribution in [1.29, 1.82) is 0 Å². The maximum absolute atomic E-state index is 15.4. The molecule has 0 spiro atoms. The van der Waals surface area contributed by atoms with Gasteiger partial charge in [-0.15, -0.1) is 0 Å². The van der Waals surface area contributed by atoms with Gasteiger partial charge in [0.05, 0.1) is 28.8 Å². The first-order valence-electron chi connectivity index (χ1n) is 16.4. The Morgan fingerprint density at radius 3 is 2.41 bits per heavy atom. The third-order valence-electron chi connectivity index (χ3n) is 8.96. The Balaban J connectivity index is 1.08. The van der Waals surface area contributed by atoms with Crippen LogP contribution in [0, 0.1) is 10.1 Å². The molecule has 2 fully saturated rings. The second-order valence-electron chi connectivity index (χ2n) is 12.7. The highest BCUT2D eigenvalue weighted by Gasteiger charge is 2.26. The molecule has 0 atom stereocenters. The maximum atomic E-state index is 15.4. The van der Waals surface area contributed by atoms with Gasteiger partial charge in [-0.1, -0.05) is 6.07 Å². The molecule has 1 amide bonds. The van der Waals surface area contributed by atoms with E-state index in [-0.39, 0.29) is 41.5 Å². The normalized spacial score (nSPS) is 16.1. The smallest absolute Gasteiger partial charge is 0.280 e. The van der Waals surface area contributed by atoms with E-state index in [4.69, 9.17) is 9.72 Å². The number of imidazole rings is 1. The van der Waals surface area contributed by atoms with E-state index in [1.807, 2.05) is 20.0 Å². The van der Waals surface area contributed by atoms with Crippen molar-refractivity contribution in [3.05, 3.63) is 99.4 Å². The quantitative estimate of drug-likeness (QED) is 0.137. The summed E-state index contributed by atoms with van der Waals surface area (Å²) in [6, 6.07) is 12.2. The number of amides is 1. The number of non-ortho nitro benzene ring substituents is 1. The molecule has 6 rings (SSSR count). The average Bonchev–Trinajstić information content (AvgIpc) is 3.51. The van der Waals surface area contributed by atoms with Crippen LogP contribution in [-0.2, 0) is 0 Å². The molecule has 14 heteroatoms. The van der Waals surface area contributed by atoms with Crippen LogP contribution in [0.4, 0.5) is 30.4 Å². The number of nitro benzene ring substituents is 1. The number of anilines is 2. The number of aromatic nitrogens is 3. The first-order chi connectivity index (χ1) is 23.5. The number of nitrogens with zero attached hydrogens (tertiary/aromatic N) is 6. The molecule has 11 nitrogen and oxygen atoms in total. The Morgan fingerprint density at radius 1 is 1.04 bits per heavy atom. The van der Waals surface area contributed by atoms with Crippen LogP contribution < -0.4 is 15.0 Å². The van der Waals surface area contributed by atoms with Crippen molar-refractivity contribution in [3.8, 4) is 5.75 Å². The fraction of sp³-hybridized carbons (Fsp3) is 0.400. The Hall–Kier alpha value is -4.98. The van der Waals surface area contributed by atoms with Crippen molar-refractivity contribution in [2.45, 2.75) is 58.0 Å². The molecule has 2 aliphatic heterocycles. The van der Waals surface area contributed by atoms with Crippen LogP contribution in [-0.4, -0.2) is 68.9 Å². The number of hydrogen-bond acceptors (Lipinski definition) is 8. The Labute approximate surface area is 281 Å². The van der Waals surface area contributed by atoms with Gasteiger partial charge in [-0.05, 0) is 82.5 Å². The summed E-state index contributed by atoms with van der Waals surface area (Å²) < 4.78 is 49.4. The molecule has 258 valence electrons. The molecule has 0 aliphatic carbocycles. The first-order valence-corrected chi connectivity index (χ1v) is 16.4. The molecule has 2 saturated heterocycles. The van der Waals surface area contributed by atoms with Crippen molar-refractivity contribution in [1.82, 2.24) is 19.3 Å². The molecule has 0 saturated carbocycles. The minimum atomic E-state index is -2.76. The number of benzene rings is 1. The first kappa shape index (κ1) is 33.9. The van der Waals surface area contributed by atoms with Crippen LogP contribution in [0.3, 0.4) is 0 Å². The van der Waals surface area contributed by atoms with Crippen LogP contribution in [0.5, 0.6) is 5.75 Å². The zero-order chi connectivity index (χ0) is 34.7. The molecule has 1 aromatic carbocycles. The topological polar surface area (TPSA) is 118 Å². The van der Waals surface area contributed by atoms with Gasteiger partial charge in [0, 0.05) is 55.3 Å². The molecule has 4 aromatic rings. The van der Waals surface area contributed by atoms with Gasteiger partial charge in [0.2, 0.25) is 0 Å². The van der Waals surface area contributed by atoms with Crippen LogP contribution in [0.1, 0.15) is 73.6 Å². The summed E-state index contributed by atoms with van der Waals surface area (Å²) in [7, 11) is 0. The van der Waals surface area contributed by atoms with E-state index in [2.05, 4.69) is 20.1 Å². The molecule has 49 heavy (non-hydrogen) atoms. The number of rotatable bonds is 10. The highest BCUT2D eigenvalue weighted by atomic mass is 19.3. The minimum absolute atomic E-state index is 0.0104. The lowest BCUT2D eigenvalue weighted by Gasteiger charge is -2.33. The number of halogens is 3. The third kappa shape index (κ3) is 8.02. The Kier molecular flexibility index (Phi) is 10.1. The van der Waals surface area contributed by atoms with Gasteiger partial charge in [0.15, 0.2) is 0 Å².